The molecule has 0 N–H and O–H groups in total. The third-order valence-electron chi connectivity index (χ3n) is 5.04. The summed E-state index contributed by atoms with van der Waals surface area (Å²) in [6.07, 6.45) is 2.73. The highest BCUT2D eigenvalue weighted by Gasteiger charge is 2.25. The van der Waals surface area contributed by atoms with E-state index in [0.29, 0.717) is 24.1 Å². The number of anilines is 1. The van der Waals surface area contributed by atoms with Gasteiger partial charge in [0, 0.05) is 42.8 Å². The highest BCUT2D eigenvalue weighted by Crippen LogP contribution is 2.23. The maximum atomic E-state index is 12.3. The highest BCUT2D eigenvalue weighted by atomic mass is 16.5. The minimum atomic E-state index is -0.0606. The predicted molar refractivity (Wildman–Crippen MR) is 108 cm³/mol. The maximum Gasteiger partial charge on any atom is 0.259 e. The molecule has 3 aromatic heterocycles. The molecule has 4 heterocycles. The second-order valence-electron chi connectivity index (χ2n) is 8.30. The summed E-state index contributed by atoms with van der Waals surface area (Å²) in [5.41, 5.74) is 1.53. The van der Waals surface area contributed by atoms with Gasteiger partial charge in [-0.3, -0.25) is 9.20 Å². The Morgan fingerprint density at radius 1 is 1.18 bits per heavy atom. The van der Waals surface area contributed by atoms with E-state index < -0.39 is 0 Å². The summed E-state index contributed by atoms with van der Waals surface area (Å²) in [5.74, 6) is 1.64. The van der Waals surface area contributed by atoms with Crippen molar-refractivity contribution in [2.45, 2.75) is 32.6 Å². The lowest BCUT2D eigenvalue weighted by atomic mass is 9.92. The molecule has 7 nitrogen and oxygen atoms in total. The molecule has 4 rings (SSSR count). The minimum absolute atomic E-state index is 0.0248. The van der Waals surface area contributed by atoms with Crippen LogP contribution in [0.4, 0.5) is 5.82 Å². The monoisotopic (exact) mass is 379 g/mol. The number of ether oxygens (including phenoxy) is 1. The van der Waals surface area contributed by atoms with Gasteiger partial charge in [-0.2, -0.15) is 5.10 Å². The molecule has 0 aromatic carbocycles. The van der Waals surface area contributed by atoms with Gasteiger partial charge in [0.15, 0.2) is 0 Å². The van der Waals surface area contributed by atoms with Crippen LogP contribution in [0.5, 0.6) is 5.88 Å². The van der Waals surface area contributed by atoms with Crippen molar-refractivity contribution >= 4 is 11.5 Å². The first kappa shape index (κ1) is 18.4. The Balaban J connectivity index is 1.39. The summed E-state index contributed by atoms with van der Waals surface area (Å²) in [7, 11) is 0. The summed E-state index contributed by atoms with van der Waals surface area (Å²) in [6.45, 7) is 8.57. The van der Waals surface area contributed by atoms with Crippen molar-refractivity contribution in [3.8, 4) is 5.88 Å². The fraction of sp³-hybridized carbons (Fsp3) is 0.429. The van der Waals surface area contributed by atoms with Gasteiger partial charge in [-0.15, -0.1) is 5.10 Å². The average molecular weight is 379 g/mol. The quantitative estimate of drug-likeness (QED) is 0.694. The zero-order valence-electron chi connectivity index (χ0n) is 16.5. The molecule has 1 fully saturated rings. The molecule has 0 radical (unpaired) electrons. The summed E-state index contributed by atoms with van der Waals surface area (Å²) in [5, 5.41) is 8.45. The first-order valence-corrected chi connectivity index (χ1v) is 9.60. The van der Waals surface area contributed by atoms with Crippen LogP contribution in [-0.2, 0) is 5.41 Å². The maximum absolute atomic E-state index is 12.3. The van der Waals surface area contributed by atoms with Gasteiger partial charge in [-0.05, 0) is 24.6 Å². The smallest absolute Gasteiger partial charge is 0.259 e. The molecule has 1 atom stereocenters. The average Bonchev–Trinajstić information content (AvgIpc) is 3.15. The molecule has 3 aromatic rings. The van der Waals surface area contributed by atoms with Crippen LogP contribution in [0.25, 0.3) is 5.65 Å². The lowest BCUT2D eigenvalue weighted by Gasteiger charge is -2.18. The molecule has 146 valence electrons. The van der Waals surface area contributed by atoms with Crippen molar-refractivity contribution in [3.05, 3.63) is 58.6 Å². The van der Waals surface area contributed by atoms with Crippen LogP contribution in [0.15, 0.2) is 47.4 Å². The van der Waals surface area contributed by atoms with Crippen LogP contribution in [0, 0.1) is 5.92 Å². The molecular formula is C21H25N5O2. The lowest BCUT2D eigenvalue weighted by Crippen LogP contribution is -2.25. The Hall–Kier alpha value is -2.96. The molecule has 1 aliphatic rings. The number of rotatable bonds is 4. The molecule has 0 bridgehead atoms. The number of fused-ring (bicyclic) bond motifs is 1. The summed E-state index contributed by atoms with van der Waals surface area (Å²) in [6, 6.07) is 11.0. The zero-order valence-corrected chi connectivity index (χ0v) is 16.5. The van der Waals surface area contributed by atoms with E-state index in [1.54, 1.807) is 16.7 Å². The Morgan fingerprint density at radius 2 is 2.04 bits per heavy atom. The second-order valence-corrected chi connectivity index (χ2v) is 8.30. The van der Waals surface area contributed by atoms with E-state index in [1.807, 2.05) is 30.3 Å². The van der Waals surface area contributed by atoms with Crippen molar-refractivity contribution in [1.82, 2.24) is 19.6 Å². The van der Waals surface area contributed by atoms with Gasteiger partial charge in [0.05, 0.1) is 12.3 Å². The van der Waals surface area contributed by atoms with Crippen molar-refractivity contribution in [2.75, 3.05) is 24.6 Å². The van der Waals surface area contributed by atoms with Gasteiger partial charge >= 0.3 is 0 Å². The fourth-order valence-electron chi connectivity index (χ4n) is 3.38. The van der Waals surface area contributed by atoms with E-state index in [-0.39, 0.29) is 11.0 Å². The highest BCUT2D eigenvalue weighted by molar-refractivity contribution is 5.48. The van der Waals surface area contributed by atoms with Crippen molar-refractivity contribution in [2.24, 2.45) is 5.92 Å². The molecular weight excluding hydrogens is 354 g/mol. The van der Waals surface area contributed by atoms with Crippen LogP contribution < -0.4 is 15.2 Å². The van der Waals surface area contributed by atoms with E-state index in [9.17, 15) is 4.79 Å². The van der Waals surface area contributed by atoms with E-state index in [0.717, 1.165) is 31.0 Å². The topological polar surface area (TPSA) is 72.6 Å². The van der Waals surface area contributed by atoms with E-state index in [1.165, 1.54) is 0 Å². The van der Waals surface area contributed by atoms with Crippen LogP contribution in [0.2, 0.25) is 0 Å². The predicted octanol–water partition coefficient (Wildman–Crippen LogP) is 2.69. The third kappa shape index (κ3) is 3.83. The third-order valence-corrected chi connectivity index (χ3v) is 5.04. The summed E-state index contributed by atoms with van der Waals surface area (Å²) >= 11 is 0. The van der Waals surface area contributed by atoms with Gasteiger partial charge in [-0.25, -0.2) is 4.98 Å². The molecule has 1 unspecified atom stereocenters. The summed E-state index contributed by atoms with van der Waals surface area (Å²) in [4.78, 5) is 19.1. The van der Waals surface area contributed by atoms with Gasteiger partial charge in [0.25, 0.3) is 5.56 Å². The van der Waals surface area contributed by atoms with Gasteiger partial charge in [0.2, 0.25) is 5.88 Å². The molecule has 1 aliphatic heterocycles. The van der Waals surface area contributed by atoms with Crippen LogP contribution in [0.1, 0.15) is 32.9 Å². The van der Waals surface area contributed by atoms with Crippen LogP contribution in [0.3, 0.4) is 0 Å². The molecule has 0 amide bonds. The lowest BCUT2D eigenvalue weighted by molar-refractivity contribution is 0.249. The normalized spacial score (nSPS) is 17.2. The fourth-order valence-corrected chi connectivity index (χ4v) is 3.38. The van der Waals surface area contributed by atoms with E-state index >= 15 is 0 Å². The number of hydrogen-bond acceptors (Lipinski definition) is 6. The van der Waals surface area contributed by atoms with Crippen molar-refractivity contribution in [3.63, 3.8) is 0 Å². The van der Waals surface area contributed by atoms with E-state index in [4.69, 9.17) is 4.74 Å². The summed E-state index contributed by atoms with van der Waals surface area (Å²) < 4.78 is 7.40. The van der Waals surface area contributed by atoms with Gasteiger partial charge < -0.3 is 9.64 Å². The van der Waals surface area contributed by atoms with Gasteiger partial charge in [-0.1, -0.05) is 26.8 Å². The SMILES string of the molecule is CC(C)(C)c1ccc(OCC2CCN(c3cc(=O)n4ccccc4n3)C2)nn1. The molecule has 7 heteroatoms. The Bertz CT molecular complexity index is 1020. The van der Waals surface area contributed by atoms with Gasteiger partial charge in [0.1, 0.15) is 11.5 Å². The number of pyridine rings is 1. The Labute approximate surface area is 164 Å². The van der Waals surface area contributed by atoms with Crippen LogP contribution in [-0.4, -0.2) is 39.3 Å². The molecule has 0 spiro atoms. The number of aromatic nitrogens is 4. The number of nitrogens with zero attached hydrogens (tertiary/aromatic N) is 5. The second kappa shape index (κ2) is 7.22. The van der Waals surface area contributed by atoms with Crippen molar-refractivity contribution < 1.29 is 4.74 Å². The Kier molecular flexibility index (Phi) is 4.75. The molecule has 1 saturated heterocycles. The largest absolute Gasteiger partial charge is 0.476 e. The van der Waals surface area contributed by atoms with Crippen molar-refractivity contribution in [1.29, 1.82) is 0 Å². The molecule has 28 heavy (non-hydrogen) atoms. The number of hydrogen-bond donors (Lipinski definition) is 0. The first-order chi connectivity index (χ1) is 13.4. The van der Waals surface area contributed by atoms with E-state index in [2.05, 4.69) is 40.9 Å². The Morgan fingerprint density at radius 3 is 2.79 bits per heavy atom. The van der Waals surface area contributed by atoms with Crippen LogP contribution >= 0.6 is 0 Å². The standard InChI is InChI=1S/C21H25N5O2/c1-21(2,3)16-7-8-19(24-23-16)28-14-15-9-11-25(13-15)18-12-20(27)26-10-5-4-6-17(26)22-18/h4-8,10,12,15H,9,11,13-14H2,1-3H3. The molecule has 0 saturated carbocycles. The molecule has 0 aliphatic carbocycles. The minimum Gasteiger partial charge on any atom is -0.476 e. The first-order valence-electron chi connectivity index (χ1n) is 9.60. The zero-order chi connectivity index (χ0) is 19.7.